The van der Waals surface area contributed by atoms with E-state index in [-0.39, 0.29) is 13.3 Å². The second-order valence-electron chi connectivity index (χ2n) is 4.03. The second-order valence-corrected chi connectivity index (χ2v) is 4.03. The van der Waals surface area contributed by atoms with Crippen LogP contribution < -0.4 is 15.2 Å². The third kappa shape index (κ3) is 2.46. The fourth-order valence-corrected chi connectivity index (χ4v) is 1.88. The van der Waals surface area contributed by atoms with Gasteiger partial charge in [-0.05, 0) is 22.9 Å². The first-order chi connectivity index (χ1) is 9.72. The molecule has 2 heterocycles. The molecule has 0 aliphatic carbocycles. The zero-order valence-corrected chi connectivity index (χ0v) is 10.3. The highest BCUT2D eigenvalue weighted by Gasteiger charge is 2.21. The largest absolute Gasteiger partial charge is 0.454 e. The van der Waals surface area contributed by atoms with Crippen LogP contribution in [0.2, 0.25) is 0 Å². The van der Waals surface area contributed by atoms with E-state index in [2.05, 4.69) is 15.4 Å². The Morgan fingerprint density at radius 1 is 1.45 bits per heavy atom. The van der Waals surface area contributed by atoms with Gasteiger partial charge in [-0.3, -0.25) is 0 Å². The molecule has 1 aromatic carbocycles. The van der Waals surface area contributed by atoms with E-state index < -0.39 is 12.2 Å². The molecule has 3 rings (SSSR count). The maximum atomic E-state index is 11.0. The van der Waals surface area contributed by atoms with Crippen LogP contribution in [0.15, 0.2) is 24.5 Å². The number of carbonyl (C=O) groups is 1. The normalized spacial score (nSPS) is 14.0. The van der Waals surface area contributed by atoms with Gasteiger partial charge in [0.1, 0.15) is 6.54 Å². The lowest BCUT2D eigenvalue weighted by atomic mass is 10.1. The van der Waals surface area contributed by atoms with Gasteiger partial charge in [-0.15, -0.1) is 10.2 Å². The van der Waals surface area contributed by atoms with Crippen LogP contribution in [0.25, 0.3) is 0 Å². The summed E-state index contributed by atoms with van der Waals surface area (Å²) in [5.74, 6) is 1.23. The van der Waals surface area contributed by atoms with Gasteiger partial charge in [0.25, 0.3) is 0 Å². The standard InChI is InChI=1S/C11H11N5O4/c12-11(17)20-10(4-16-14-5-13-15-16)7-1-2-8-9(3-7)19-6-18-8/h1-3,5,10H,4,6H2,(H2,12,17). The molecule has 20 heavy (non-hydrogen) atoms. The molecule has 2 N–H and O–H groups in total. The zero-order chi connectivity index (χ0) is 13.9. The quantitative estimate of drug-likeness (QED) is 0.851. The summed E-state index contributed by atoms with van der Waals surface area (Å²) in [7, 11) is 0. The Morgan fingerprint density at radius 3 is 3.05 bits per heavy atom. The molecular weight excluding hydrogens is 266 g/mol. The van der Waals surface area contributed by atoms with Crippen molar-refractivity contribution in [2.24, 2.45) is 5.73 Å². The molecule has 0 bridgehead atoms. The van der Waals surface area contributed by atoms with Crippen LogP contribution in [0.3, 0.4) is 0 Å². The number of benzene rings is 1. The Morgan fingerprint density at radius 2 is 2.30 bits per heavy atom. The van der Waals surface area contributed by atoms with Crippen molar-refractivity contribution in [1.29, 1.82) is 0 Å². The Bertz CT molecular complexity index is 615. The molecule has 104 valence electrons. The smallest absolute Gasteiger partial charge is 0.405 e. The fourth-order valence-electron chi connectivity index (χ4n) is 1.88. The molecule has 0 spiro atoms. The van der Waals surface area contributed by atoms with E-state index in [9.17, 15) is 4.79 Å². The van der Waals surface area contributed by atoms with Crippen LogP contribution in [-0.4, -0.2) is 33.1 Å². The van der Waals surface area contributed by atoms with Gasteiger partial charge < -0.3 is 19.9 Å². The Labute approximate surface area is 113 Å². The third-order valence-corrected chi connectivity index (χ3v) is 2.75. The van der Waals surface area contributed by atoms with Crippen molar-refractivity contribution in [3.8, 4) is 11.5 Å². The van der Waals surface area contributed by atoms with E-state index >= 15 is 0 Å². The molecule has 9 nitrogen and oxygen atoms in total. The minimum Gasteiger partial charge on any atom is -0.454 e. The number of carbonyl (C=O) groups excluding carboxylic acids is 1. The molecule has 0 fully saturated rings. The molecule has 1 atom stereocenters. The zero-order valence-electron chi connectivity index (χ0n) is 10.3. The van der Waals surface area contributed by atoms with Gasteiger partial charge in [0.05, 0.1) is 0 Å². The molecule has 1 aromatic heterocycles. The van der Waals surface area contributed by atoms with E-state index in [1.54, 1.807) is 18.2 Å². The topological polar surface area (TPSA) is 114 Å². The number of primary amides is 1. The highest BCUT2D eigenvalue weighted by Crippen LogP contribution is 2.35. The summed E-state index contributed by atoms with van der Waals surface area (Å²) in [5, 5.41) is 11.2. The number of hydrogen-bond acceptors (Lipinski definition) is 7. The lowest BCUT2D eigenvalue weighted by molar-refractivity contribution is 0.0898. The minimum atomic E-state index is -0.882. The van der Waals surface area contributed by atoms with Crippen molar-refractivity contribution >= 4 is 6.09 Å². The monoisotopic (exact) mass is 277 g/mol. The van der Waals surface area contributed by atoms with Crippen LogP contribution in [0, 0.1) is 0 Å². The van der Waals surface area contributed by atoms with E-state index in [0.717, 1.165) is 0 Å². The molecule has 0 radical (unpaired) electrons. The van der Waals surface area contributed by atoms with Crippen LogP contribution in [0.1, 0.15) is 11.7 Å². The Kier molecular flexibility index (Phi) is 3.07. The number of ether oxygens (including phenoxy) is 3. The van der Waals surface area contributed by atoms with Crippen molar-refractivity contribution < 1.29 is 19.0 Å². The average Bonchev–Trinajstić information content (AvgIpc) is 3.07. The van der Waals surface area contributed by atoms with Crippen molar-refractivity contribution in [1.82, 2.24) is 20.2 Å². The third-order valence-electron chi connectivity index (χ3n) is 2.75. The number of aromatic nitrogens is 4. The van der Waals surface area contributed by atoms with Crippen molar-refractivity contribution in [3.05, 3.63) is 30.1 Å². The van der Waals surface area contributed by atoms with Crippen LogP contribution >= 0.6 is 0 Å². The molecule has 1 unspecified atom stereocenters. The fraction of sp³-hybridized carbons (Fsp3) is 0.273. The van der Waals surface area contributed by atoms with Crippen molar-refractivity contribution in [3.63, 3.8) is 0 Å². The van der Waals surface area contributed by atoms with Gasteiger partial charge in [-0.25, -0.2) is 4.79 Å². The van der Waals surface area contributed by atoms with E-state index in [1.165, 1.54) is 11.1 Å². The summed E-state index contributed by atoms with van der Waals surface area (Å²) >= 11 is 0. The van der Waals surface area contributed by atoms with Crippen LogP contribution in [0.4, 0.5) is 4.79 Å². The Hall–Kier alpha value is -2.84. The molecule has 9 heteroatoms. The highest BCUT2D eigenvalue weighted by molar-refractivity contribution is 5.65. The van der Waals surface area contributed by atoms with E-state index in [4.69, 9.17) is 19.9 Å². The highest BCUT2D eigenvalue weighted by atomic mass is 16.7. The summed E-state index contributed by atoms with van der Waals surface area (Å²) in [6.45, 7) is 0.368. The number of hydrogen-bond donors (Lipinski definition) is 1. The average molecular weight is 277 g/mol. The molecule has 0 saturated carbocycles. The number of rotatable bonds is 4. The first-order valence-electron chi connectivity index (χ1n) is 5.79. The maximum absolute atomic E-state index is 11.0. The van der Waals surface area contributed by atoms with Crippen LogP contribution in [-0.2, 0) is 11.3 Å². The van der Waals surface area contributed by atoms with Gasteiger partial charge in [0.2, 0.25) is 6.79 Å². The summed E-state index contributed by atoms with van der Waals surface area (Å²) in [6, 6.07) is 5.23. The SMILES string of the molecule is NC(=O)OC(Cn1ncnn1)c1ccc2c(c1)OCO2. The van der Waals surface area contributed by atoms with Gasteiger partial charge >= 0.3 is 6.09 Å². The van der Waals surface area contributed by atoms with E-state index in [0.29, 0.717) is 17.1 Å². The van der Waals surface area contributed by atoms with Crippen molar-refractivity contribution in [2.75, 3.05) is 6.79 Å². The molecule has 0 saturated heterocycles. The number of fused-ring (bicyclic) bond motifs is 1. The lowest BCUT2D eigenvalue weighted by Gasteiger charge is -2.16. The summed E-state index contributed by atoms with van der Waals surface area (Å²) in [4.78, 5) is 12.3. The maximum Gasteiger partial charge on any atom is 0.405 e. The van der Waals surface area contributed by atoms with Gasteiger partial charge in [0.15, 0.2) is 23.9 Å². The summed E-state index contributed by atoms with van der Waals surface area (Å²) in [5.41, 5.74) is 5.79. The molecule has 1 aliphatic heterocycles. The molecule has 2 aromatic rings. The molecular formula is C11H11N5O4. The van der Waals surface area contributed by atoms with Crippen LogP contribution in [0.5, 0.6) is 11.5 Å². The molecule has 1 amide bonds. The van der Waals surface area contributed by atoms with Gasteiger partial charge in [-0.2, -0.15) is 4.80 Å². The predicted octanol–water partition coefficient (Wildman–Crippen LogP) is 0.238. The van der Waals surface area contributed by atoms with Gasteiger partial charge in [-0.1, -0.05) is 6.07 Å². The summed E-state index contributed by atoms with van der Waals surface area (Å²) < 4.78 is 15.6. The van der Waals surface area contributed by atoms with Crippen molar-refractivity contribution in [2.45, 2.75) is 12.6 Å². The minimum absolute atomic E-state index is 0.171. The first-order valence-corrected chi connectivity index (χ1v) is 5.79. The van der Waals surface area contributed by atoms with Gasteiger partial charge in [0, 0.05) is 0 Å². The number of nitrogens with two attached hydrogens (primary N) is 1. The number of amides is 1. The second kappa shape index (κ2) is 5.03. The van der Waals surface area contributed by atoms with E-state index in [1.807, 2.05) is 0 Å². The lowest BCUT2D eigenvalue weighted by Crippen LogP contribution is -2.22. The molecule has 1 aliphatic rings. The number of nitrogens with zero attached hydrogens (tertiary/aromatic N) is 4. The number of tetrazole rings is 1. The predicted molar refractivity (Wildman–Crippen MR) is 63.8 cm³/mol. The summed E-state index contributed by atoms with van der Waals surface area (Å²) in [6.07, 6.45) is -0.231. The Balaban J connectivity index is 1.86. The first kappa shape index (κ1) is 12.2.